The number of ether oxygens (including phenoxy) is 1. The van der Waals surface area contributed by atoms with Crippen molar-refractivity contribution in [3.05, 3.63) is 0 Å². The van der Waals surface area contributed by atoms with Gasteiger partial charge in [-0.1, -0.05) is 0 Å². The first-order valence-corrected chi connectivity index (χ1v) is 5.63. The van der Waals surface area contributed by atoms with Gasteiger partial charge in [0.25, 0.3) is 0 Å². The molecule has 1 fully saturated rings. The maximum Gasteiger partial charge on any atom is 0.0462 e. The van der Waals surface area contributed by atoms with Crippen molar-refractivity contribution in [3.8, 4) is 0 Å². The minimum Gasteiger partial charge on any atom is -0.396 e. The smallest absolute Gasteiger partial charge is 0.0462 e. The standard InChI is InChI=1S/C11H23NO2/c1-14-9-3-2-7-12-10-11(4-5-11)6-8-13/h12-13H,2-10H2,1H3. The molecule has 1 saturated carbocycles. The van der Waals surface area contributed by atoms with E-state index >= 15 is 0 Å². The molecule has 14 heavy (non-hydrogen) atoms. The lowest BCUT2D eigenvalue weighted by Crippen LogP contribution is -2.25. The third-order valence-corrected chi connectivity index (χ3v) is 3.05. The lowest BCUT2D eigenvalue weighted by Gasteiger charge is -2.14. The van der Waals surface area contributed by atoms with Gasteiger partial charge in [0.05, 0.1) is 0 Å². The Labute approximate surface area is 86.8 Å². The van der Waals surface area contributed by atoms with Crippen LogP contribution in [0.2, 0.25) is 0 Å². The average molecular weight is 201 g/mol. The minimum atomic E-state index is 0.339. The molecule has 1 aliphatic carbocycles. The van der Waals surface area contributed by atoms with Gasteiger partial charge in [-0.2, -0.15) is 0 Å². The third-order valence-electron chi connectivity index (χ3n) is 3.05. The zero-order chi connectivity index (χ0) is 10.3. The van der Waals surface area contributed by atoms with E-state index < -0.39 is 0 Å². The fourth-order valence-corrected chi connectivity index (χ4v) is 1.78. The van der Waals surface area contributed by atoms with Crippen LogP contribution >= 0.6 is 0 Å². The van der Waals surface area contributed by atoms with Crippen LogP contribution in [0.15, 0.2) is 0 Å². The Morgan fingerprint density at radius 1 is 1.36 bits per heavy atom. The molecule has 1 aliphatic rings. The van der Waals surface area contributed by atoms with E-state index in [1.807, 2.05) is 0 Å². The molecule has 3 heteroatoms. The van der Waals surface area contributed by atoms with Gasteiger partial charge in [-0.3, -0.25) is 0 Å². The van der Waals surface area contributed by atoms with Gasteiger partial charge in [-0.25, -0.2) is 0 Å². The van der Waals surface area contributed by atoms with Crippen LogP contribution in [-0.4, -0.2) is 38.5 Å². The number of aliphatic hydroxyl groups is 1. The van der Waals surface area contributed by atoms with Crippen LogP contribution in [0.5, 0.6) is 0 Å². The number of rotatable bonds is 9. The summed E-state index contributed by atoms with van der Waals surface area (Å²) in [6.45, 7) is 3.37. The number of unbranched alkanes of at least 4 members (excludes halogenated alkanes) is 1. The van der Waals surface area contributed by atoms with Gasteiger partial charge in [0, 0.05) is 26.9 Å². The van der Waals surface area contributed by atoms with Crippen LogP contribution in [0, 0.1) is 5.41 Å². The predicted octanol–water partition coefficient (Wildman–Crippen LogP) is 1.17. The van der Waals surface area contributed by atoms with E-state index in [-0.39, 0.29) is 0 Å². The third kappa shape index (κ3) is 4.40. The molecule has 0 saturated heterocycles. The highest BCUT2D eigenvalue weighted by molar-refractivity contribution is 4.94. The van der Waals surface area contributed by atoms with Gasteiger partial charge >= 0.3 is 0 Å². The summed E-state index contributed by atoms with van der Waals surface area (Å²) >= 11 is 0. The summed E-state index contributed by atoms with van der Waals surface area (Å²) in [6.07, 6.45) is 5.87. The summed E-state index contributed by atoms with van der Waals surface area (Å²) in [5, 5.41) is 12.3. The first-order chi connectivity index (χ1) is 6.83. The largest absolute Gasteiger partial charge is 0.396 e. The second-order valence-corrected chi connectivity index (χ2v) is 4.35. The Hall–Kier alpha value is -0.120. The van der Waals surface area contributed by atoms with Crippen molar-refractivity contribution >= 4 is 0 Å². The molecule has 0 unspecified atom stereocenters. The average Bonchev–Trinajstić information content (AvgIpc) is 2.93. The van der Waals surface area contributed by atoms with Crippen LogP contribution in [0.3, 0.4) is 0 Å². The normalized spacial score (nSPS) is 18.4. The molecule has 2 N–H and O–H groups in total. The number of methoxy groups -OCH3 is 1. The highest BCUT2D eigenvalue weighted by Crippen LogP contribution is 2.47. The molecule has 0 heterocycles. The van der Waals surface area contributed by atoms with E-state index in [4.69, 9.17) is 9.84 Å². The van der Waals surface area contributed by atoms with E-state index in [1.165, 1.54) is 19.3 Å². The Morgan fingerprint density at radius 2 is 2.14 bits per heavy atom. The molecule has 0 amide bonds. The maximum absolute atomic E-state index is 8.87. The Bertz CT molecular complexity index is 146. The van der Waals surface area contributed by atoms with Gasteiger partial charge in [-0.05, 0) is 44.1 Å². The Balaban J connectivity index is 1.88. The molecule has 0 aromatic rings. The molecule has 3 nitrogen and oxygen atoms in total. The van der Waals surface area contributed by atoms with Crippen molar-refractivity contribution in [1.29, 1.82) is 0 Å². The van der Waals surface area contributed by atoms with Crippen molar-refractivity contribution in [3.63, 3.8) is 0 Å². The monoisotopic (exact) mass is 201 g/mol. The van der Waals surface area contributed by atoms with Gasteiger partial charge < -0.3 is 15.2 Å². The van der Waals surface area contributed by atoms with Crippen LogP contribution < -0.4 is 5.32 Å². The number of hydrogen-bond acceptors (Lipinski definition) is 3. The summed E-state index contributed by atoms with van der Waals surface area (Å²) in [5.41, 5.74) is 0.454. The lowest BCUT2D eigenvalue weighted by molar-refractivity contribution is 0.192. The van der Waals surface area contributed by atoms with Crippen molar-refractivity contribution in [2.75, 3.05) is 33.4 Å². The predicted molar refractivity (Wildman–Crippen MR) is 57.3 cm³/mol. The molecule has 0 spiro atoms. The second kappa shape index (κ2) is 6.38. The first-order valence-electron chi connectivity index (χ1n) is 5.63. The van der Waals surface area contributed by atoms with Gasteiger partial charge in [0.15, 0.2) is 0 Å². The molecule has 0 aromatic heterocycles. The fourth-order valence-electron chi connectivity index (χ4n) is 1.78. The molecule has 0 atom stereocenters. The van der Waals surface area contributed by atoms with E-state index in [1.54, 1.807) is 7.11 Å². The molecular weight excluding hydrogens is 178 g/mol. The zero-order valence-electron chi connectivity index (χ0n) is 9.22. The van der Waals surface area contributed by atoms with E-state index in [0.29, 0.717) is 12.0 Å². The molecule has 84 valence electrons. The summed E-state index contributed by atoms with van der Waals surface area (Å²) in [4.78, 5) is 0. The summed E-state index contributed by atoms with van der Waals surface area (Å²) < 4.78 is 4.98. The number of aliphatic hydroxyl groups excluding tert-OH is 1. The maximum atomic E-state index is 8.87. The molecule has 0 bridgehead atoms. The first kappa shape index (κ1) is 12.0. The topological polar surface area (TPSA) is 41.5 Å². The van der Waals surface area contributed by atoms with Crippen LogP contribution in [0.25, 0.3) is 0 Å². The molecular formula is C11H23NO2. The molecule has 0 aliphatic heterocycles. The SMILES string of the molecule is COCCCCNCC1(CCO)CC1. The highest BCUT2D eigenvalue weighted by Gasteiger charge is 2.40. The van der Waals surface area contributed by atoms with Gasteiger partial charge in [0.1, 0.15) is 0 Å². The number of nitrogens with one attached hydrogen (secondary N) is 1. The number of hydrogen-bond donors (Lipinski definition) is 2. The van der Waals surface area contributed by atoms with Crippen LogP contribution in [0.1, 0.15) is 32.1 Å². The Morgan fingerprint density at radius 3 is 2.71 bits per heavy atom. The Kier molecular flexibility index (Phi) is 5.45. The van der Waals surface area contributed by atoms with E-state index in [2.05, 4.69) is 5.32 Å². The lowest BCUT2D eigenvalue weighted by atomic mass is 10.0. The van der Waals surface area contributed by atoms with E-state index in [9.17, 15) is 0 Å². The van der Waals surface area contributed by atoms with Gasteiger partial charge in [-0.15, -0.1) is 0 Å². The van der Waals surface area contributed by atoms with Crippen LogP contribution in [0.4, 0.5) is 0 Å². The van der Waals surface area contributed by atoms with Crippen molar-refractivity contribution in [1.82, 2.24) is 5.32 Å². The quantitative estimate of drug-likeness (QED) is 0.550. The molecule has 0 aromatic carbocycles. The van der Waals surface area contributed by atoms with Crippen molar-refractivity contribution in [2.24, 2.45) is 5.41 Å². The van der Waals surface area contributed by atoms with Crippen LogP contribution in [-0.2, 0) is 4.74 Å². The highest BCUT2D eigenvalue weighted by atomic mass is 16.5. The van der Waals surface area contributed by atoms with E-state index in [0.717, 1.165) is 32.5 Å². The second-order valence-electron chi connectivity index (χ2n) is 4.35. The zero-order valence-corrected chi connectivity index (χ0v) is 9.22. The molecule has 0 radical (unpaired) electrons. The van der Waals surface area contributed by atoms with Crippen molar-refractivity contribution < 1.29 is 9.84 Å². The summed E-state index contributed by atoms with van der Waals surface area (Å²) in [6, 6.07) is 0. The summed E-state index contributed by atoms with van der Waals surface area (Å²) in [5.74, 6) is 0. The minimum absolute atomic E-state index is 0.339. The van der Waals surface area contributed by atoms with Crippen molar-refractivity contribution in [2.45, 2.75) is 32.1 Å². The summed E-state index contributed by atoms with van der Waals surface area (Å²) in [7, 11) is 1.74. The molecule has 1 rings (SSSR count). The van der Waals surface area contributed by atoms with Gasteiger partial charge in [0.2, 0.25) is 0 Å². The fraction of sp³-hybridized carbons (Fsp3) is 1.00.